The largest absolute Gasteiger partial charge is 0.333 e. The number of halogens is 4. The Labute approximate surface area is 156 Å². The van der Waals surface area contributed by atoms with Crippen LogP contribution in [0.5, 0.6) is 0 Å². The third-order valence-electron chi connectivity index (χ3n) is 4.10. The first-order valence-electron chi connectivity index (χ1n) is 8.36. The lowest BCUT2D eigenvalue weighted by atomic mass is 9.98. The topological polar surface area (TPSA) is 61.4 Å². The molecule has 1 aliphatic rings. The molecule has 1 unspecified atom stereocenters. The molecule has 2 rings (SSSR count). The molecule has 1 atom stereocenters. The minimum absolute atomic E-state index is 0. The van der Waals surface area contributed by atoms with Crippen LogP contribution < -0.4 is 10.6 Å². The maximum Gasteiger partial charge on any atom is 0.244 e. The summed E-state index contributed by atoms with van der Waals surface area (Å²) in [4.78, 5) is 26.1. The van der Waals surface area contributed by atoms with Crippen molar-refractivity contribution in [2.24, 2.45) is 5.92 Å². The van der Waals surface area contributed by atoms with Crippen molar-refractivity contribution in [1.29, 1.82) is 0 Å². The number of hydrogen-bond donors (Lipinski definition) is 2. The molecular weight excluding hydrogens is 371 g/mol. The molecule has 1 heterocycles. The van der Waals surface area contributed by atoms with E-state index in [-0.39, 0.29) is 30.8 Å². The zero-order chi connectivity index (χ0) is 18.4. The minimum Gasteiger partial charge on any atom is -0.333 e. The van der Waals surface area contributed by atoms with Gasteiger partial charge < -0.3 is 15.5 Å². The van der Waals surface area contributed by atoms with Gasteiger partial charge in [0.25, 0.3) is 0 Å². The molecule has 2 N–H and O–H groups in total. The normalized spacial score (nSPS) is 16.5. The first-order chi connectivity index (χ1) is 11.9. The van der Waals surface area contributed by atoms with Gasteiger partial charge in [0.1, 0.15) is 0 Å². The molecule has 1 aliphatic heterocycles. The van der Waals surface area contributed by atoms with Crippen molar-refractivity contribution in [3.63, 3.8) is 0 Å². The summed E-state index contributed by atoms with van der Waals surface area (Å²) in [5, 5.41) is 5.34. The summed E-state index contributed by atoms with van der Waals surface area (Å²) in [7, 11) is 0. The molecule has 0 spiro atoms. The van der Waals surface area contributed by atoms with Crippen LogP contribution in [0.1, 0.15) is 26.2 Å². The van der Waals surface area contributed by atoms with Crippen LogP contribution in [-0.2, 0) is 9.59 Å². The lowest BCUT2D eigenvalue weighted by Gasteiger charge is -2.29. The molecule has 0 bridgehead atoms. The van der Waals surface area contributed by atoms with E-state index in [0.29, 0.717) is 19.5 Å². The molecule has 1 aromatic carbocycles. The second-order valence-corrected chi connectivity index (χ2v) is 6.07. The third-order valence-corrected chi connectivity index (χ3v) is 4.10. The van der Waals surface area contributed by atoms with Gasteiger partial charge in [0, 0.05) is 13.1 Å². The van der Waals surface area contributed by atoms with Gasteiger partial charge >= 0.3 is 0 Å². The molecule has 1 saturated heterocycles. The van der Waals surface area contributed by atoms with Crippen molar-refractivity contribution >= 4 is 29.9 Å². The number of nitrogens with one attached hydrogen (secondary N) is 2. The van der Waals surface area contributed by atoms with E-state index in [2.05, 4.69) is 10.6 Å². The lowest BCUT2D eigenvalue weighted by Crippen LogP contribution is -2.46. The average Bonchev–Trinajstić information content (AvgIpc) is 2.62. The SMILES string of the molecule is CCCN(CC(=O)Nc1ccc(F)c(F)c1F)C(=O)C1CCCNC1.Cl. The van der Waals surface area contributed by atoms with E-state index >= 15 is 0 Å². The zero-order valence-electron chi connectivity index (χ0n) is 14.5. The number of hydrogen-bond acceptors (Lipinski definition) is 3. The number of amides is 2. The molecule has 0 saturated carbocycles. The van der Waals surface area contributed by atoms with Gasteiger partial charge in [-0.15, -0.1) is 12.4 Å². The molecule has 0 aliphatic carbocycles. The predicted molar refractivity (Wildman–Crippen MR) is 94.7 cm³/mol. The average molecular weight is 394 g/mol. The van der Waals surface area contributed by atoms with E-state index in [1.54, 1.807) is 0 Å². The molecular formula is C17H23ClF3N3O2. The van der Waals surface area contributed by atoms with E-state index in [9.17, 15) is 22.8 Å². The summed E-state index contributed by atoms with van der Waals surface area (Å²) < 4.78 is 39.8. The number of rotatable bonds is 6. The number of piperidine rings is 1. The summed E-state index contributed by atoms with van der Waals surface area (Å²) in [5.74, 6) is -5.41. The molecule has 9 heteroatoms. The van der Waals surface area contributed by atoms with Crippen LogP contribution in [0.25, 0.3) is 0 Å². The Morgan fingerprint density at radius 2 is 2.00 bits per heavy atom. The van der Waals surface area contributed by atoms with Gasteiger partial charge in [0.05, 0.1) is 18.2 Å². The Kier molecular flexibility index (Phi) is 8.87. The Hall–Kier alpha value is -1.80. The van der Waals surface area contributed by atoms with Gasteiger partial charge in [-0.1, -0.05) is 6.92 Å². The Bertz CT molecular complexity index is 640. The van der Waals surface area contributed by atoms with Gasteiger partial charge in [-0.2, -0.15) is 0 Å². The standard InChI is InChI=1S/C17H22F3N3O2.ClH/c1-2-8-23(17(25)11-4-3-7-21-9-11)10-14(24)22-13-6-5-12(18)15(19)16(13)20;/h5-6,11,21H,2-4,7-10H2,1H3,(H,22,24);1H. The van der Waals surface area contributed by atoms with E-state index < -0.39 is 29.0 Å². The van der Waals surface area contributed by atoms with Crippen molar-refractivity contribution in [3.05, 3.63) is 29.6 Å². The monoisotopic (exact) mass is 393 g/mol. The van der Waals surface area contributed by atoms with Crippen molar-refractivity contribution in [2.45, 2.75) is 26.2 Å². The maximum absolute atomic E-state index is 13.6. The van der Waals surface area contributed by atoms with Gasteiger partial charge in [0.2, 0.25) is 11.8 Å². The highest BCUT2D eigenvalue weighted by atomic mass is 35.5. The Morgan fingerprint density at radius 3 is 2.62 bits per heavy atom. The highest BCUT2D eigenvalue weighted by Crippen LogP contribution is 2.20. The number of carbonyl (C=O) groups is 2. The summed E-state index contributed by atoms with van der Waals surface area (Å²) in [6.07, 6.45) is 2.31. The first kappa shape index (κ1) is 22.2. The van der Waals surface area contributed by atoms with Gasteiger partial charge in [-0.3, -0.25) is 9.59 Å². The number of nitrogens with zero attached hydrogens (tertiary/aromatic N) is 1. The number of benzene rings is 1. The molecule has 26 heavy (non-hydrogen) atoms. The second kappa shape index (κ2) is 10.4. The molecule has 0 radical (unpaired) electrons. The van der Waals surface area contributed by atoms with E-state index in [1.807, 2.05) is 6.92 Å². The summed E-state index contributed by atoms with van der Waals surface area (Å²) in [6, 6.07) is 1.68. The Morgan fingerprint density at radius 1 is 1.27 bits per heavy atom. The van der Waals surface area contributed by atoms with Crippen molar-refractivity contribution < 1.29 is 22.8 Å². The summed E-state index contributed by atoms with van der Waals surface area (Å²) >= 11 is 0. The van der Waals surface area contributed by atoms with Crippen LogP contribution >= 0.6 is 12.4 Å². The smallest absolute Gasteiger partial charge is 0.244 e. The van der Waals surface area contributed by atoms with Gasteiger partial charge in [-0.05, 0) is 37.9 Å². The molecule has 5 nitrogen and oxygen atoms in total. The van der Waals surface area contributed by atoms with E-state index in [4.69, 9.17) is 0 Å². The molecule has 2 amide bonds. The first-order valence-corrected chi connectivity index (χ1v) is 8.36. The predicted octanol–water partition coefficient (Wildman–Crippen LogP) is 2.70. The van der Waals surface area contributed by atoms with Crippen LogP contribution in [0.4, 0.5) is 18.9 Å². The summed E-state index contributed by atoms with van der Waals surface area (Å²) in [6.45, 7) is 3.45. The van der Waals surface area contributed by atoms with Crippen molar-refractivity contribution in [1.82, 2.24) is 10.2 Å². The molecule has 146 valence electrons. The van der Waals surface area contributed by atoms with Gasteiger partial charge in [0.15, 0.2) is 17.5 Å². The molecule has 1 fully saturated rings. The fourth-order valence-electron chi connectivity index (χ4n) is 2.84. The van der Waals surface area contributed by atoms with Crippen LogP contribution in [0, 0.1) is 23.4 Å². The highest BCUT2D eigenvalue weighted by molar-refractivity contribution is 5.95. The van der Waals surface area contributed by atoms with Crippen LogP contribution in [-0.4, -0.2) is 42.9 Å². The fraction of sp³-hybridized carbons (Fsp3) is 0.529. The number of anilines is 1. The van der Waals surface area contributed by atoms with E-state index in [1.165, 1.54) is 4.90 Å². The molecule has 0 aromatic heterocycles. The van der Waals surface area contributed by atoms with Crippen LogP contribution in [0.3, 0.4) is 0 Å². The highest BCUT2D eigenvalue weighted by Gasteiger charge is 2.27. The number of carbonyl (C=O) groups excluding carboxylic acids is 2. The van der Waals surface area contributed by atoms with Gasteiger partial charge in [-0.25, -0.2) is 13.2 Å². The van der Waals surface area contributed by atoms with Crippen LogP contribution in [0.15, 0.2) is 12.1 Å². The lowest BCUT2D eigenvalue weighted by molar-refractivity contribution is -0.138. The second-order valence-electron chi connectivity index (χ2n) is 6.07. The van der Waals surface area contributed by atoms with Crippen molar-refractivity contribution in [2.75, 3.05) is 31.5 Å². The maximum atomic E-state index is 13.6. The quantitative estimate of drug-likeness (QED) is 0.730. The third kappa shape index (κ3) is 5.60. The zero-order valence-corrected chi connectivity index (χ0v) is 15.3. The van der Waals surface area contributed by atoms with Crippen LogP contribution in [0.2, 0.25) is 0 Å². The summed E-state index contributed by atoms with van der Waals surface area (Å²) in [5.41, 5.74) is -0.452. The van der Waals surface area contributed by atoms with Crippen molar-refractivity contribution in [3.8, 4) is 0 Å². The minimum atomic E-state index is -1.65. The molecule has 1 aromatic rings. The van der Waals surface area contributed by atoms with E-state index in [0.717, 1.165) is 31.5 Å². The Balaban J connectivity index is 0.00000338. The fourth-order valence-corrected chi connectivity index (χ4v) is 2.84.